The van der Waals surface area contributed by atoms with E-state index in [9.17, 15) is 4.79 Å². The molecule has 1 aliphatic heterocycles. The molecule has 6 heteroatoms. The van der Waals surface area contributed by atoms with Gasteiger partial charge < -0.3 is 9.64 Å². The van der Waals surface area contributed by atoms with Crippen molar-refractivity contribution in [3.8, 4) is 11.4 Å². The van der Waals surface area contributed by atoms with E-state index < -0.39 is 0 Å². The molecule has 1 unspecified atom stereocenters. The molecule has 0 radical (unpaired) electrons. The Hall–Kier alpha value is -2.47. The zero-order valence-corrected chi connectivity index (χ0v) is 15.0. The Morgan fingerprint density at radius 2 is 1.92 bits per heavy atom. The van der Waals surface area contributed by atoms with Crippen LogP contribution in [0.5, 0.6) is 5.75 Å². The highest BCUT2D eigenvalue weighted by Gasteiger charge is 2.31. The second-order valence-electron chi connectivity index (χ2n) is 6.07. The largest absolute Gasteiger partial charge is 0.497 e. The fourth-order valence-electron chi connectivity index (χ4n) is 3.09. The standard InChI is InChI=1S/C19H19N3O2S/c1-21-12-11-17(18(21)23)25-19-20-15-5-3-4-6-16(15)22(19)13-7-9-14(24-2)10-8-13/h3-10,17H,11-12H2,1-2H3. The topological polar surface area (TPSA) is 47.4 Å². The van der Waals surface area contributed by atoms with Crippen LogP contribution in [-0.2, 0) is 4.79 Å². The van der Waals surface area contributed by atoms with Gasteiger partial charge in [0.1, 0.15) is 5.75 Å². The number of hydrogen-bond donors (Lipinski definition) is 0. The maximum atomic E-state index is 12.3. The molecule has 0 N–H and O–H groups in total. The van der Waals surface area contributed by atoms with E-state index in [-0.39, 0.29) is 11.2 Å². The van der Waals surface area contributed by atoms with Crippen LogP contribution in [-0.4, -0.2) is 46.3 Å². The van der Waals surface area contributed by atoms with Gasteiger partial charge in [-0.05, 0) is 42.8 Å². The fourth-order valence-corrected chi connectivity index (χ4v) is 4.31. The van der Waals surface area contributed by atoms with Gasteiger partial charge in [-0.2, -0.15) is 0 Å². The predicted octanol–water partition coefficient (Wildman–Crippen LogP) is 3.36. The number of hydrogen-bond acceptors (Lipinski definition) is 4. The Labute approximate surface area is 150 Å². The first-order chi connectivity index (χ1) is 12.2. The van der Waals surface area contributed by atoms with E-state index in [1.807, 2.05) is 49.5 Å². The number of thioether (sulfide) groups is 1. The number of fused-ring (bicyclic) bond motifs is 1. The molecule has 0 saturated carbocycles. The first-order valence-electron chi connectivity index (χ1n) is 8.21. The molecule has 4 rings (SSSR count). The molecule has 2 heterocycles. The number of carbonyl (C=O) groups is 1. The van der Waals surface area contributed by atoms with Crippen LogP contribution in [0.4, 0.5) is 0 Å². The van der Waals surface area contributed by atoms with Crippen molar-refractivity contribution in [2.75, 3.05) is 20.7 Å². The highest BCUT2D eigenvalue weighted by molar-refractivity contribution is 8.00. The lowest BCUT2D eigenvalue weighted by Gasteiger charge is -2.12. The third kappa shape index (κ3) is 2.87. The molecule has 1 saturated heterocycles. The van der Waals surface area contributed by atoms with Crippen molar-refractivity contribution >= 4 is 28.7 Å². The third-order valence-corrected chi connectivity index (χ3v) is 5.69. The summed E-state index contributed by atoms with van der Waals surface area (Å²) in [5.74, 6) is 0.994. The highest BCUT2D eigenvalue weighted by atomic mass is 32.2. The molecule has 1 aromatic heterocycles. The summed E-state index contributed by atoms with van der Waals surface area (Å²) in [7, 11) is 3.51. The monoisotopic (exact) mass is 353 g/mol. The van der Waals surface area contributed by atoms with Gasteiger partial charge in [-0.25, -0.2) is 4.98 Å². The maximum Gasteiger partial charge on any atom is 0.235 e. The number of imidazole rings is 1. The quantitative estimate of drug-likeness (QED) is 0.722. The number of para-hydroxylation sites is 2. The van der Waals surface area contributed by atoms with Gasteiger partial charge in [0.15, 0.2) is 5.16 Å². The van der Waals surface area contributed by atoms with Crippen molar-refractivity contribution in [2.24, 2.45) is 0 Å². The first-order valence-corrected chi connectivity index (χ1v) is 9.09. The van der Waals surface area contributed by atoms with Gasteiger partial charge in [0.2, 0.25) is 5.91 Å². The number of ether oxygens (including phenoxy) is 1. The third-order valence-electron chi connectivity index (χ3n) is 4.49. The first kappa shape index (κ1) is 16.0. The Kier molecular flexibility index (Phi) is 4.13. The number of likely N-dealkylation sites (tertiary alicyclic amines) is 1. The van der Waals surface area contributed by atoms with Crippen molar-refractivity contribution in [2.45, 2.75) is 16.8 Å². The summed E-state index contributed by atoms with van der Waals surface area (Å²) >= 11 is 1.55. The van der Waals surface area contributed by atoms with Crippen LogP contribution < -0.4 is 4.74 Å². The molecule has 0 spiro atoms. The van der Waals surface area contributed by atoms with Crippen LogP contribution in [0.2, 0.25) is 0 Å². The molecule has 1 aliphatic rings. The molecule has 5 nitrogen and oxygen atoms in total. The summed E-state index contributed by atoms with van der Waals surface area (Å²) in [5.41, 5.74) is 2.98. The second-order valence-corrected chi connectivity index (χ2v) is 7.24. The van der Waals surface area contributed by atoms with Crippen LogP contribution in [0.1, 0.15) is 6.42 Å². The van der Waals surface area contributed by atoms with E-state index in [0.717, 1.165) is 40.6 Å². The Bertz CT molecular complexity index is 920. The van der Waals surface area contributed by atoms with E-state index in [2.05, 4.69) is 10.6 Å². The van der Waals surface area contributed by atoms with Crippen molar-refractivity contribution in [3.63, 3.8) is 0 Å². The minimum absolute atomic E-state index is 0.0705. The number of rotatable bonds is 4. The van der Waals surface area contributed by atoms with E-state index in [0.29, 0.717) is 0 Å². The smallest absolute Gasteiger partial charge is 0.235 e. The lowest BCUT2D eigenvalue weighted by Crippen LogP contribution is -2.24. The minimum Gasteiger partial charge on any atom is -0.497 e. The van der Waals surface area contributed by atoms with Gasteiger partial charge in [0.25, 0.3) is 0 Å². The molecule has 0 aliphatic carbocycles. The van der Waals surface area contributed by atoms with Gasteiger partial charge in [0.05, 0.1) is 23.4 Å². The molecule has 128 valence electrons. The minimum atomic E-state index is -0.0705. The molecule has 3 aromatic rings. The van der Waals surface area contributed by atoms with Gasteiger partial charge >= 0.3 is 0 Å². The van der Waals surface area contributed by atoms with Crippen LogP contribution >= 0.6 is 11.8 Å². The normalized spacial score (nSPS) is 17.4. The van der Waals surface area contributed by atoms with Crippen molar-refractivity contribution in [1.82, 2.24) is 14.5 Å². The van der Waals surface area contributed by atoms with Crippen molar-refractivity contribution < 1.29 is 9.53 Å². The SMILES string of the molecule is COc1ccc(-n2c(SC3CCN(C)C3=O)nc3ccccc32)cc1. The van der Waals surface area contributed by atoms with Crippen molar-refractivity contribution in [1.29, 1.82) is 0 Å². The zero-order chi connectivity index (χ0) is 17.4. The number of carbonyl (C=O) groups excluding carboxylic acids is 1. The number of benzene rings is 2. The average Bonchev–Trinajstić information content (AvgIpc) is 3.16. The van der Waals surface area contributed by atoms with E-state index >= 15 is 0 Å². The zero-order valence-electron chi connectivity index (χ0n) is 14.2. The molecule has 25 heavy (non-hydrogen) atoms. The predicted molar refractivity (Wildman–Crippen MR) is 99.5 cm³/mol. The number of aromatic nitrogens is 2. The molecule has 1 amide bonds. The van der Waals surface area contributed by atoms with Crippen LogP contribution in [0.25, 0.3) is 16.7 Å². The molecular formula is C19H19N3O2S. The second kappa shape index (κ2) is 6.44. The van der Waals surface area contributed by atoms with Crippen LogP contribution in [0.3, 0.4) is 0 Å². The number of nitrogens with zero attached hydrogens (tertiary/aromatic N) is 3. The van der Waals surface area contributed by atoms with E-state index in [1.165, 1.54) is 0 Å². The molecule has 0 bridgehead atoms. The number of amides is 1. The Morgan fingerprint density at radius 1 is 1.16 bits per heavy atom. The van der Waals surface area contributed by atoms with Crippen LogP contribution in [0, 0.1) is 0 Å². The van der Waals surface area contributed by atoms with E-state index in [1.54, 1.807) is 23.8 Å². The fraction of sp³-hybridized carbons (Fsp3) is 0.263. The maximum absolute atomic E-state index is 12.3. The average molecular weight is 353 g/mol. The van der Waals surface area contributed by atoms with Crippen LogP contribution in [0.15, 0.2) is 53.7 Å². The summed E-state index contributed by atoms with van der Waals surface area (Å²) < 4.78 is 7.37. The summed E-state index contributed by atoms with van der Waals surface area (Å²) in [6.07, 6.45) is 0.853. The number of methoxy groups -OCH3 is 1. The van der Waals surface area contributed by atoms with Crippen molar-refractivity contribution in [3.05, 3.63) is 48.5 Å². The van der Waals surface area contributed by atoms with Gasteiger partial charge in [-0.15, -0.1) is 0 Å². The summed E-state index contributed by atoms with van der Waals surface area (Å²) in [6.45, 7) is 0.805. The molecular weight excluding hydrogens is 334 g/mol. The lowest BCUT2D eigenvalue weighted by molar-refractivity contribution is -0.126. The molecule has 1 fully saturated rings. The summed E-state index contributed by atoms with van der Waals surface area (Å²) in [4.78, 5) is 18.9. The summed E-state index contributed by atoms with van der Waals surface area (Å²) in [6, 6.07) is 15.9. The molecule has 2 aromatic carbocycles. The lowest BCUT2D eigenvalue weighted by atomic mass is 10.2. The highest BCUT2D eigenvalue weighted by Crippen LogP contribution is 2.34. The van der Waals surface area contributed by atoms with E-state index in [4.69, 9.17) is 9.72 Å². The Morgan fingerprint density at radius 3 is 2.60 bits per heavy atom. The Balaban J connectivity index is 1.79. The van der Waals surface area contributed by atoms with Gasteiger partial charge in [0, 0.05) is 19.3 Å². The van der Waals surface area contributed by atoms with Gasteiger partial charge in [-0.3, -0.25) is 9.36 Å². The molecule has 1 atom stereocenters. The summed E-state index contributed by atoms with van der Waals surface area (Å²) in [5, 5.41) is 0.777. The van der Waals surface area contributed by atoms with Gasteiger partial charge in [-0.1, -0.05) is 23.9 Å².